The van der Waals surface area contributed by atoms with Crippen LogP contribution in [0.2, 0.25) is 0 Å². The van der Waals surface area contributed by atoms with Gasteiger partial charge in [-0.1, -0.05) is 15.9 Å². The van der Waals surface area contributed by atoms with Crippen molar-refractivity contribution in [3.05, 3.63) is 27.7 Å². The molecule has 0 aliphatic heterocycles. The summed E-state index contributed by atoms with van der Waals surface area (Å²) in [5.41, 5.74) is 5.22. The molecule has 0 radical (unpaired) electrons. The first-order valence-electron chi connectivity index (χ1n) is 3.58. The third-order valence-electron chi connectivity index (χ3n) is 1.71. The summed E-state index contributed by atoms with van der Waals surface area (Å²) < 4.78 is 37.7. The fraction of sp³-hybridized carbons (Fsp3) is 0.250. The molecule has 14 heavy (non-hydrogen) atoms. The van der Waals surface area contributed by atoms with E-state index >= 15 is 0 Å². The number of halogens is 5. The summed E-state index contributed by atoms with van der Waals surface area (Å²) in [4.78, 5) is 0. The Morgan fingerprint density at radius 1 is 1.29 bits per heavy atom. The van der Waals surface area contributed by atoms with E-state index in [1.165, 1.54) is 6.07 Å². The summed E-state index contributed by atoms with van der Waals surface area (Å²) >= 11 is 6.03. The van der Waals surface area contributed by atoms with E-state index in [9.17, 15) is 13.2 Å². The van der Waals surface area contributed by atoms with Gasteiger partial charge in [-0.25, -0.2) is 0 Å². The van der Waals surface area contributed by atoms with Crippen LogP contribution in [-0.2, 0) is 11.5 Å². The van der Waals surface area contributed by atoms with Gasteiger partial charge < -0.3 is 5.73 Å². The molecule has 0 saturated heterocycles. The molecule has 1 aromatic rings. The molecule has 0 bridgehead atoms. The number of rotatable bonds is 1. The van der Waals surface area contributed by atoms with Crippen LogP contribution in [0.1, 0.15) is 11.1 Å². The van der Waals surface area contributed by atoms with E-state index in [1.807, 2.05) is 0 Å². The van der Waals surface area contributed by atoms with Crippen LogP contribution in [0.15, 0.2) is 16.6 Å². The van der Waals surface area contributed by atoms with Crippen LogP contribution in [0, 0.1) is 0 Å². The van der Waals surface area contributed by atoms with Crippen LogP contribution >= 0.6 is 31.9 Å². The minimum absolute atomic E-state index is 0.105. The Kier molecular flexibility index (Phi) is 3.47. The highest BCUT2D eigenvalue weighted by atomic mass is 79.9. The zero-order valence-corrected chi connectivity index (χ0v) is 10.0. The molecular weight excluding hydrogens is 327 g/mol. The second-order valence-electron chi connectivity index (χ2n) is 2.63. The van der Waals surface area contributed by atoms with E-state index in [-0.39, 0.29) is 10.9 Å². The highest BCUT2D eigenvalue weighted by Crippen LogP contribution is 2.38. The van der Waals surface area contributed by atoms with Crippen LogP contribution in [0.25, 0.3) is 0 Å². The molecule has 0 spiro atoms. The lowest BCUT2D eigenvalue weighted by molar-refractivity contribution is -0.138. The number of nitrogen functional groups attached to an aromatic ring is 1. The van der Waals surface area contributed by atoms with E-state index in [0.29, 0.717) is 10.2 Å². The van der Waals surface area contributed by atoms with Gasteiger partial charge in [-0.05, 0) is 33.6 Å². The van der Waals surface area contributed by atoms with Crippen LogP contribution < -0.4 is 5.73 Å². The monoisotopic (exact) mass is 331 g/mol. The van der Waals surface area contributed by atoms with Gasteiger partial charge in [0.25, 0.3) is 0 Å². The molecule has 1 nitrogen and oxygen atoms in total. The Hall–Kier alpha value is -0.230. The Morgan fingerprint density at radius 2 is 1.86 bits per heavy atom. The van der Waals surface area contributed by atoms with Crippen LogP contribution in [0.5, 0.6) is 0 Å². The summed E-state index contributed by atoms with van der Waals surface area (Å²) in [7, 11) is 0. The topological polar surface area (TPSA) is 26.0 Å². The van der Waals surface area contributed by atoms with Crippen LogP contribution in [0.3, 0.4) is 0 Å². The van der Waals surface area contributed by atoms with E-state index in [2.05, 4.69) is 31.9 Å². The first-order valence-corrected chi connectivity index (χ1v) is 5.49. The number of hydrogen-bond donors (Lipinski definition) is 1. The van der Waals surface area contributed by atoms with Gasteiger partial charge >= 0.3 is 6.18 Å². The smallest absolute Gasteiger partial charge is 0.398 e. The number of benzene rings is 1. The van der Waals surface area contributed by atoms with E-state index in [0.717, 1.165) is 6.07 Å². The number of hydrogen-bond acceptors (Lipinski definition) is 1. The minimum atomic E-state index is -4.35. The van der Waals surface area contributed by atoms with Crippen molar-refractivity contribution in [3.8, 4) is 0 Å². The maximum atomic E-state index is 12.5. The predicted molar refractivity (Wildman–Crippen MR) is 56.2 cm³/mol. The van der Waals surface area contributed by atoms with Crippen LogP contribution in [-0.4, -0.2) is 0 Å². The SMILES string of the molecule is Nc1ccc(C(F)(F)F)c(CBr)c1Br. The van der Waals surface area contributed by atoms with Crippen molar-refractivity contribution in [1.29, 1.82) is 0 Å². The van der Waals surface area contributed by atoms with Gasteiger partial charge in [-0.15, -0.1) is 0 Å². The molecule has 0 saturated carbocycles. The van der Waals surface area contributed by atoms with Crippen molar-refractivity contribution in [3.63, 3.8) is 0 Å². The van der Waals surface area contributed by atoms with Gasteiger partial charge in [0, 0.05) is 15.5 Å². The summed E-state index contributed by atoms with van der Waals surface area (Å²) in [6.45, 7) is 0. The van der Waals surface area contributed by atoms with Gasteiger partial charge in [0.05, 0.1) is 5.56 Å². The molecule has 0 aliphatic rings. The van der Waals surface area contributed by atoms with Crippen molar-refractivity contribution >= 4 is 37.5 Å². The van der Waals surface area contributed by atoms with Crippen molar-refractivity contribution in [2.24, 2.45) is 0 Å². The van der Waals surface area contributed by atoms with E-state index < -0.39 is 11.7 Å². The Bertz CT molecular complexity index is 349. The highest BCUT2D eigenvalue weighted by molar-refractivity contribution is 9.11. The average Bonchev–Trinajstić information content (AvgIpc) is 2.07. The van der Waals surface area contributed by atoms with Crippen molar-refractivity contribution in [2.45, 2.75) is 11.5 Å². The molecule has 78 valence electrons. The largest absolute Gasteiger partial charge is 0.416 e. The molecule has 0 atom stereocenters. The quantitative estimate of drug-likeness (QED) is 0.611. The molecule has 0 amide bonds. The Balaban J connectivity index is 3.39. The summed E-state index contributed by atoms with van der Waals surface area (Å²) in [5, 5.41) is 0.105. The second-order valence-corrected chi connectivity index (χ2v) is 3.98. The Labute approximate surface area is 95.7 Å². The second kappa shape index (κ2) is 4.10. The number of alkyl halides is 4. The molecule has 0 aliphatic carbocycles. The lowest BCUT2D eigenvalue weighted by Gasteiger charge is -2.13. The molecular formula is C8H6Br2F3N. The molecule has 6 heteroatoms. The molecule has 0 heterocycles. The van der Waals surface area contributed by atoms with Crippen molar-refractivity contribution in [2.75, 3.05) is 5.73 Å². The molecule has 0 fully saturated rings. The fourth-order valence-corrected chi connectivity index (χ4v) is 2.48. The summed E-state index contributed by atoms with van der Waals surface area (Å²) in [5.74, 6) is 0. The molecule has 0 unspecified atom stereocenters. The maximum absolute atomic E-state index is 12.5. The zero-order chi connectivity index (χ0) is 10.9. The first-order chi connectivity index (χ1) is 6.38. The van der Waals surface area contributed by atoms with E-state index in [4.69, 9.17) is 5.73 Å². The van der Waals surface area contributed by atoms with Gasteiger partial charge in [0.2, 0.25) is 0 Å². The van der Waals surface area contributed by atoms with Crippen molar-refractivity contribution in [1.82, 2.24) is 0 Å². The third kappa shape index (κ3) is 2.23. The summed E-state index contributed by atoms with van der Waals surface area (Å²) in [6, 6.07) is 2.22. The molecule has 1 aromatic carbocycles. The Morgan fingerprint density at radius 3 is 2.29 bits per heavy atom. The lowest BCUT2D eigenvalue weighted by Crippen LogP contribution is -2.09. The normalized spacial score (nSPS) is 11.8. The van der Waals surface area contributed by atoms with Gasteiger partial charge in [0.1, 0.15) is 0 Å². The first kappa shape index (κ1) is 11.8. The van der Waals surface area contributed by atoms with Crippen LogP contribution in [0.4, 0.5) is 18.9 Å². The third-order valence-corrected chi connectivity index (χ3v) is 3.21. The lowest BCUT2D eigenvalue weighted by atomic mass is 10.1. The zero-order valence-electron chi connectivity index (χ0n) is 6.83. The maximum Gasteiger partial charge on any atom is 0.416 e. The van der Waals surface area contributed by atoms with Gasteiger partial charge in [0.15, 0.2) is 0 Å². The standard InChI is InChI=1S/C8H6Br2F3N/c9-3-4-5(8(11,12)13)1-2-6(14)7(4)10/h1-2H,3,14H2. The number of anilines is 1. The fourth-order valence-electron chi connectivity index (χ4n) is 1.04. The average molecular weight is 333 g/mol. The molecule has 2 N–H and O–H groups in total. The predicted octanol–water partition coefficient (Wildman–Crippen LogP) is 3.95. The summed E-state index contributed by atoms with van der Waals surface area (Å²) in [6.07, 6.45) is -4.35. The highest BCUT2D eigenvalue weighted by Gasteiger charge is 2.34. The molecule has 1 rings (SSSR count). The van der Waals surface area contributed by atoms with Crippen molar-refractivity contribution < 1.29 is 13.2 Å². The van der Waals surface area contributed by atoms with E-state index in [1.54, 1.807) is 0 Å². The van der Waals surface area contributed by atoms with Gasteiger partial charge in [-0.3, -0.25) is 0 Å². The number of nitrogens with two attached hydrogens (primary N) is 1. The molecule has 0 aromatic heterocycles. The minimum Gasteiger partial charge on any atom is -0.398 e. The van der Waals surface area contributed by atoms with Gasteiger partial charge in [-0.2, -0.15) is 13.2 Å².